The maximum atomic E-state index is 13.8. The Kier molecular flexibility index (Phi) is 8.40. The van der Waals surface area contributed by atoms with Gasteiger partial charge in [-0.1, -0.05) is 69.4 Å². The summed E-state index contributed by atoms with van der Waals surface area (Å²) in [5, 5.41) is 12.7. The van der Waals surface area contributed by atoms with Crippen molar-refractivity contribution >= 4 is 28.9 Å². The van der Waals surface area contributed by atoms with E-state index in [0.717, 1.165) is 34.7 Å². The number of benzene rings is 3. The molecule has 2 aliphatic heterocycles. The zero-order chi connectivity index (χ0) is 28.1. The van der Waals surface area contributed by atoms with Gasteiger partial charge in [-0.3, -0.25) is 24.5 Å². The fourth-order valence-corrected chi connectivity index (χ4v) is 5.36. The summed E-state index contributed by atoms with van der Waals surface area (Å²) in [6.07, 6.45) is 6.12. The molecule has 0 N–H and O–H groups in total. The lowest BCUT2D eigenvalue weighted by Crippen LogP contribution is -2.37. The molecular weight excluding hydrogens is 510 g/mol. The van der Waals surface area contributed by atoms with Crippen LogP contribution in [0, 0.1) is 16.0 Å². The summed E-state index contributed by atoms with van der Waals surface area (Å²) in [4.78, 5) is 45.0. The van der Waals surface area contributed by atoms with E-state index in [1.165, 1.54) is 49.9 Å². The van der Waals surface area contributed by atoms with Gasteiger partial charge in [0.05, 0.1) is 28.9 Å². The van der Waals surface area contributed by atoms with Gasteiger partial charge < -0.3 is 4.74 Å². The van der Waals surface area contributed by atoms with Gasteiger partial charge in [0.25, 0.3) is 11.6 Å². The fourth-order valence-electron chi connectivity index (χ4n) is 5.36. The first-order valence-electron chi connectivity index (χ1n) is 13.9. The van der Waals surface area contributed by atoms with Crippen LogP contribution >= 0.6 is 0 Å². The van der Waals surface area contributed by atoms with Crippen LogP contribution in [0.2, 0.25) is 0 Å². The lowest BCUT2D eigenvalue weighted by atomic mass is 9.90. The number of nitro groups is 1. The molecule has 2 amide bonds. The second kappa shape index (κ2) is 12.3. The third kappa shape index (κ3) is 5.56. The van der Waals surface area contributed by atoms with Crippen molar-refractivity contribution in [1.82, 2.24) is 0 Å². The minimum Gasteiger partial charge on any atom is -0.494 e. The number of imide groups is 1. The van der Waals surface area contributed by atoms with E-state index in [2.05, 4.69) is 6.92 Å². The van der Waals surface area contributed by atoms with Crippen LogP contribution in [0.15, 0.2) is 78.9 Å². The monoisotopic (exact) mass is 543 g/mol. The Morgan fingerprint density at radius 2 is 1.50 bits per heavy atom. The van der Waals surface area contributed by atoms with Gasteiger partial charge >= 0.3 is 0 Å². The first-order valence-corrected chi connectivity index (χ1v) is 13.9. The summed E-state index contributed by atoms with van der Waals surface area (Å²) in [6, 6.07) is 21.8. The maximum Gasteiger partial charge on any atom is 0.269 e. The van der Waals surface area contributed by atoms with Crippen LogP contribution in [-0.4, -0.2) is 29.4 Å². The molecule has 2 aliphatic rings. The standard InChI is InChI=1S/C31H33N3O6/c1-2-3-4-5-6-10-21-39-26-19-13-22(14-20-26)28-27-29(40-33(28)24-11-8-7-9-12-24)31(36)32(30(27)35)23-15-17-25(18-16-23)34(37)38/h7-9,11-20,27-29H,2-6,10,21H2,1H3/t27-,28+,29-/m1/s1. The van der Waals surface area contributed by atoms with Crippen LogP contribution in [0.25, 0.3) is 0 Å². The number of fused-ring (bicyclic) bond motifs is 1. The molecule has 0 radical (unpaired) electrons. The van der Waals surface area contributed by atoms with Crippen LogP contribution in [-0.2, 0) is 14.4 Å². The highest BCUT2D eigenvalue weighted by Gasteiger charge is 2.60. The molecule has 0 spiro atoms. The number of ether oxygens (including phenoxy) is 1. The number of non-ortho nitro benzene ring substituents is 1. The Hall–Kier alpha value is -4.24. The molecule has 9 nitrogen and oxygen atoms in total. The van der Waals surface area contributed by atoms with Gasteiger partial charge in [-0.05, 0) is 48.4 Å². The number of hydroxylamine groups is 1. The number of hydrogen-bond donors (Lipinski definition) is 0. The molecule has 2 heterocycles. The largest absolute Gasteiger partial charge is 0.494 e. The normalized spacial score (nSPS) is 20.2. The first kappa shape index (κ1) is 27.3. The van der Waals surface area contributed by atoms with E-state index >= 15 is 0 Å². The average Bonchev–Trinajstić information content (AvgIpc) is 3.49. The van der Waals surface area contributed by atoms with Gasteiger partial charge in [0.2, 0.25) is 5.91 Å². The summed E-state index contributed by atoms with van der Waals surface area (Å²) in [7, 11) is 0. The van der Waals surface area contributed by atoms with Crippen molar-refractivity contribution in [3.8, 4) is 5.75 Å². The number of amides is 2. The molecule has 208 valence electrons. The van der Waals surface area contributed by atoms with Gasteiger partial charge in [-0.15, -0.1) is 0 Å². The van der Waals surface area contributed by atoms with E-state index < -0.39 is 34.8 Å². The van der Waals surface area contributed by atoms with Crippen LogP contribution in [0.4, 0.5) is 17.1 Å². The lowest BCUT2D eigenvalue weighted by Gasteiger charge is -2.28. The van der Waals surface area contributed by atoms with Gasteiger partial charge in [-0.25, -0.2) is 9.96 Å². The summed E-state index contributed by atoms with van der Waals surface area (Å²) in [5.41, 5.74) is 1.70. The van der Waals surface area contributed by atoms with Gasteiger partial charge in [0, 0.05) is 12.1 Å². The number of rotatable bonds is 12. The minimum absolute atomic E-state index is 0.119. The number of nitro benzene ring substituents is 1. The van der Waals surface area contributed by atoms with Crippen molar-refractivity contribution in [2.24, 2.45) is 5.92 Å². The predicted octanol–water partition coefficient (Wildman–Crippen LogP) is 6.39. The zero-order valence-electron chi connectivity index (χ0n) is 22.5. The fraction of sp³-hybridized carbons (Fsp3) is 0.355. The van der Waals surface area contributed by atoms with Crippen LogP contribution in [0.1, 0.15) is 57.1 Å². The highest BCUT2D eigenvalue weighted by atomic mass is 16.7. The van der Waals surface area contributed by atoms with E-state index in [0.29, 0.717) is 6.61 Å². The Morgan fingerprint density at radius 3 is 2.17 bits per heavy atom. The van der Waals surface area contributed by atoms with E-state index in [-0.39, 0.29) is 11.4 Å². The second-order valence-corrected chi connectivity index (χ2v) is 10.1. The van der Waals surface area contributed by atoms with E-state index in [4.69, 9.17) is 9.57 Å². The number of nitrogens with zero attached hydrogens (tertiary/aromatic N) is 3. The van der Waals surface area contributed by atoms with Gasteiger partial charge in [0.15, 0.2) is 6.10 Å². The molecule has 3 aromatic rings. The maximum absolute atomic E-state index is 13.8. The molecule has 0 aromatic heterocycles. The van der Waals surface area contributed by atoms with Crippen LogP contribution in [0.3, 0.4) is 0 Å². The number of carbonyl (C=O) groups is 2. The Labute approximate surface area is 233 Å². The van der Waals surface area contributed by atoms with Crippen molar-refractivity contribution in [1.29, 1.82) is 0 Å². The molecule has 0 unspecified atom stereocenters. The molecule has 2 saturated heterocycles. The van der Waals surface area contributed by atoms with Gasteiger partial charge in [0.1, 0.15) is 11.7 Å². The van der Waals surface area contributed by atoms with E-state index in [1.54, 1.807) is 5.06 Å². The number of anilines is 2. The topological polar surface area (TPSA) is 102 Å². The van der Waals surface area contributed by atoms with E-state index in [1.807, 2.05) is 54.6 Å². The summed E-state index contributed by atoms with van der Waals surface area (Å²) < 4.78 is 5.95. The van der Waals surface area contributed by atoms with Crippen LogP contribution in [0.5, 0.6) is 5.75 Å². The zero-order valence-corrected chi connectivity index (χ0v) is 22.5. The third-order valence-corrected chi connectivity index (χ3v) is 7.43. The average molecular weight is 544 g/mol. The number of hydrogen-bond acceptors (Lipinski definition) is 7. The quantitative estimate of drug-likeness (QED) is 0.113. The summed E-state index contributed by atoms with van der Waals surface area (Å²) in [5.74, 6) is -0.944. The Morgan fingerprint density at radius 1 is 0.825 bits per heavy atom. The van der Waals surface area contributed by atoms with Crippen molar-refractivity contribution in [3.05, 3.63) is 94.5 Å². The second-order valence-electron chi connectivity index (χ2n) is 10.1. The summed E-state index contributed by atoms with van der Waals surface area (Å²) >= 11 is 0. The molecule has 9 heteroatoms. The minimum atomic E-state index is -1.02. The summed E-state index contributed by atoms with van der Waals surface area (Å²) in [6.45, 7) is 2.86. The molecule has 2 fully saturated rings. The molecule has 5 rings (SSSR count). The first-order chi connectivity index (χ1) is 19.5. The highest BCUT2D eigenvalue weighted by Crippen LogP contribution is 2.47. The molecule has 0 aliphatic carbocycles. The van der Waals surface area contributed by atoms with Crippen molar-refractivity contribution in [3.63, 3.8) is 0 Å². The third-order valence-electron chi connectivity index (χ3n) is 7.43. The molecule has 40 heavy (non-hydrogen) atoms. The molecular formula is C31H33N3O6. The number of para-hydroxylation sites is 1. The number of unbranched alkanes of at least 4 members (excludes halogenated alkanes) is 5. The highest BCUT2D eigenvalue weighted by molar-refractivity contribution is 6.24. The Bertz CT molecular complexity index is 1330. The SMILES string of the molecule is CCCCCCCCOc1ccc([C@H]2[C@H]3C(=O)N(c4ccc([N+](=O)[O-])cc4)C(=O)[C@@H]3ON2c2ccccc2)cc1. The molecule has 3 aromatic carbocycles. The van der Waals surface area contributed by atoms with Crippen molar-refractivity contribution in [2.75, 3.05) is 16.6 Å². The molecule has 0 saturated carbocycles. The Balaban J connectivity index is 1.35. The molecule has 3 atom stereocenters. The van der Waals surface area contributed by atoms with Crippen molar-refractivity contribution < 1.29 is 24.1 Å². The lowest BCUT2D eigenvalue weighted by molar-refractivity contribution is -0.384. The van der Waals surface area contributed by atoms with Crippen molar-refractivity contribution in [2.45, 2.75) is 57.6 Å². The predicted molar refractivity (Wildman–Crippen MR) is 151 cm³/mol. The van der Waals surface area contributed by atoms with Gasteiger partial charge in [-0.2, -0.15) is 0 Å². The molecule has 0 bridgehead atoms. The smallest absolute Gasteiger partial charge is 0.269 e. The van der Waals surface area contributed by atoms with Crippen LogP contribution < -0.4 is 14.7 Å². The van der Waals surface area contributed by atoms with E-state index in [9.17, 15) is 19.7 Å². The number of carbonyl (C=O) groups excluding carboxylic acids is 2.